The van der Waals surface area contributed by atoms with Crippen LogP contribution >= 0.6 is 0 Å². The molecule has 2 amide bonds. The van der Waals surface area contributed by atoms with E-state index < -0.39 is 36.0 Å². The van der Waals surface area contributed by atoms with Crippen LogP contribution in [-0.4, -0.2) is 53.0 Å². The molecular weight excluding hydrogens is 256 g/mol. The molecule has 1 saturated heterocycles. The van der Waals surface area contributed by atoms with Crippen molar-refractivity contribution in [2.45, 2.75) is 37.8 Å². The van der Waals surface area contributed by atoms with E-state index in [2.05, 4.69) is 10.6 Å². The number of carbonyl (C=O) groups is 3. The third-order valence-electron chi connectivity index (χ3n) is 2.91. The summed E-state index contributed by atoms with van der Waals surface area (Å²) in [7, 11) is 0. The van der Waals surface area contributed by atoms with Gasteiger partial charge in [0, 0.05) is 13.2 Å². The third kappa shape index (κ3) is 5.12. The Labute approximate surface area is 110 Å². The van der Waals surface area contributed by atoms with Crippen molar-refractivity contribution in [2.75, 3.05) is 13.2 Å². The Morgan fingerprint density at radius 1 is 1.37 bits per heavy atom. The number of carboxylic acids is 2. The Kier molecular flexibility index (Phi) is 5.11. The molecule has 2 atom stereocenters. The summed E-state index contributed by atoms with van der Waals surface area (Å²) in [6.45, 7) is 2.74. The van der Waals surface area contributed by atoms with Crippen LogP contribution in [0.4, 0.5) is 4.79 Å². The Morgan fingerprint density at radius 2 is 2.05 bits per heavy atom. The first-order valence-corrected chi connectivity index (χ1v) is 5.95. The maximum atomic E-state index is 11.5. The summed E-state index contributed by atoms with van der Waals surface area (Å²) < 4.78 is 5.45. The number of urea groups is 1. The second kappa shape index (κ2) is 6.37. The minimum absolute atomic E-state index is 0.248. The van der Waals surface area contributed by atoms with Gasteiger partial charge in [-0.15, -0.1) is 0 Å². The van der Waals surface area contributed by atoms with Crippen LogP contribution in [0.15, 0.2) is 0 Å². The summed E-state index contributed by atoms with van der Waals surface area (Å²) in [6.07, 6.45) is 1.05. The van der Waals surface area contributed by atoms with Crippen molar-refractivity contribution in [1.82, 2.24) is 10.6 Å². The number of carboxylic acid groups (broad SMARTS) is 2. The van der Waals surface area contributed by atoms with E-state index in [1.54, 1.807) is 0 Å². The van der Waals surface area contributed by atoms with E-state index in [4.69, 9.17) is 14.9 Å². The largest absolute Gasteiger partial charge is 0.481 e. The molecule has 1 heterocycles. The topological polar surface area (TPSA) is 125 Å². The van der Waals surface area contributed by atoms with Crippen LogP contribution in [0.1, 0.15) is 26.2 Å². The van der Waals surface area contributed by atoms with Crippen molar-refractivity contribution in [2.24, 2.45) is 0 Å². The Morgan fingerprint density at radius 3 is 2.53 bits per heavy atom. The molecule has 0 radical (unpaired) electrons. The van der Waals surface area contributed by atoms with Gasteiger partial charge in [-0.25, -0.2) is 9.59 Å². The quantitative estimate of drug-likeness (QED) is 0.531. The van der Waals surface area contributed by atoms with Gasteiger partial charge >= 0.3 is 18.0 Å². The van der Waals surface area contributed by atoms with Crippen LogP contribution in [0.5, 0.6) is 0 Å². The lowest BCUT2D eigenvalue weighted by Gasteiger charge is -2.24. The van der Waals surface area contributed by atoms with Crippen molar-refractivity contribution in [3.8, 4) is 0 Å². The smallest absolute Gasteiger partial charge is 0.326 e. The number of hydrogen-bond acceptors (Lipinski definition) is 4. The predicted octanol–water partition coefficient (Wildman–Crippen LogP) is -0.217. The van der Waals surface area contributed by atoms with Crippen LogP contribution < -0.4 is 10.6 Å². The van der Waals surface area contributed by atoms with Gasteiger partial charge in [-0.1, -0.05) is 0 Å². The average Bonchev–Trinajstić information content (AvgIpc) is 2.73. The molecule has 19 heavy (non-hydrogen) atoms. The normalized spacial score (nSPS) is 23.6. The van der Waals surface area contributed by atoms with Gasteiger partial charge in [-0.3, -0.25) is 4.79 Å². The van der Waals surface area contributed by atoms with Gasteiger partial charge in [0.2, 0.25) is 0 Å². The van der Waals surface area contributed by atoms with Gasteiger partial charge in [-0.2, -0.15) is 0 Å². The standard InChI is InChI=1S/C11H18N2O6/c1-11(3-2-4-19-11)6-12-10(18)13-7(9(16)17)5-8(14)15/h7H,2-6H2,1H3,(H,14,15)(H,16,17)(H2,12,13,18)/t7-,11?/m1/s1. The summed E-state index contributed by atoms with van der Waals surface area (Å²) in [5.41, 5.74) is -0.442. The summed E-state index contributed by atoms with van der Waals surface area (Å²) in [6, 6.07) is -2.17. The molecule has 0 bridgehead atoms. The summed E-state index contributed by atoms with van der Waals surface area (Å²) in [4.78, 5) is 32.7. The van der Waals surface area contributed by atoms with Gasteiger partial charge in [0.25, 0.3) is 0 Å². The molecule has 1 fully saturated rings. The zero-order valence-corrected chi connectivity index (χ0v) is 10.6. The maximum absolute atomic E-state index is 11.5. The molecule has 8 nitrogen and oxygen atoms in total. The lowest BCUT2D eigenvalue weighted by molar-refractivity contribution is -0.145. The first-order chi connectivity index (χ1) is 8.82. The zero-order valence-electron chi connectivity index (χ0n) is 10.6. The van der Waals surface area contributed by atoms with Gasteiger partial charge in [0.1, 0.15) is 6.04 Å². The average molecular weight is 274 g/mol. The highest BCUT2D eigenvalue weighted by Gasteiger charge is 2.30. The summed E-state index contributed by atoms with van der Waals surface area (Å²) in [5, 5.41) is 21.9. The van der Waals surface area contributed by atoms with Gasteiger partial charge in [-0.05, 0) is 19.8 Å². The highest BCUT2D eigenvalue weighted by atomic mass is 16.5. The first kappa shape index (κ1) is 15.2. The van der Waals surface area contributed by atoms with E-state index in [0.29, 0.717) is 6.61 Å². The monoisotopic (exact) mass is 274 g/mol. The van der Waals surface area contributed by atoms with Crippen LogP contribution in [0.3, 0.4) is 0 Å². The van der Waals surface area contributed by atoms with Crippen LogP contribution in [-0.2, 0) is 14.3 Å². The highest BCUT2D eigenvalue weighted by molar-refractivity contribution is 5.86. The van der Waals surface area contributed by atoms with E-state index in [1.165, 1.54) is 0 Å². The number of rotatable bonds is 6. The fourth-order valence-corrected chi connectivity index (χ4v) is 1.83. The molecule has 1 rings (SSSR count). The van der Waals surface area contributed by atoms with Crippen molar-refractivity contribution in [3.63, 3.8) is 0 Å². The second-order valence-corrected chi connectivity index (χ2v) is 4.72. The molecule has 8 heteroatoms. The molecule has 1 aliphatic heterocycles. The molecule has 0 saturated carbocycles. The van der Waals surface area contributed by atoms with Crippen LogP contribution in [0.25, 0.3) is 0 Å². The minimum atomic E-state index is -1.45. The Bertz CT molecular complexity index is 364. The molecule has 1 aliphatic rings. The van der Waals surface area contributed by atoms with E-state index in [9.17, 15) is 14.4 Å². The SMILES string of the molecule is CC1(CNC(=O)N[C@H](CC(=O)O)C(=O)O)CCCO1. The fourth-order valence-electron chi connectivity index (χ4n) is 1.83. The van der Waals surface area contributed by atoms with Gasteiger partial charge in [0.15, 0.2) is 0 Å². The van der Waals surface area contributed by atoms with Crippen LogP contribution in [0.2, 0.25) is 0 Å². The van der Waals surface area contributed by atoms with Crippen molar-refractivity contribution in [1.29, 1.82) is 0 Å². The molecule has 0 aliphatic carbocycles. The lowest BCUT2D eigenvalue weighted by atomic mass is 10.0. The predicted molar refractivity (Wildman–Crippen MR) is 63.8 cm³/mol. The zero-order chi connectivity index (χ0) is 14.5. The maximum Gasteiger partial charge on any atom is 0.326 e. The van der Waals surface area contributed by atoms with Gasteiger partial charge < -0.3 is 25.6 Å². The van der Waals surface area contributed by atoms with E-state index in [-0.39, 0.29) is 6.54 Å². The number of aliphatic carboxylic acids is 2. The summed E-state index contributed by atoms with van der Waals surface area (Å²) >= 11 is 0. The van der Waals surface area contributed by atoms with E-state index >= 15 is 0 Å². The molecule has 0 aromatic rings. The van der Waals surface area contributed by atoms with Crippen molar-refractivity contribution < 1.29 is 29.3 Å². The number of nitrogens with one attached hydrogen (secondary N) is 2. The first-order valence-electron chi connectivity index (χ1n) is 5.95. The molecule has 4 N–H and O–H groups in total. The molecule has 0 aromatic carbocycles. The van der Waals surface area contributed by atoms with Crippen molar-refractivity contribution >= 4 is 18.0 Å². The number of ether oxygens (including phenoxy) is 1. The fraction of sp³-hybridized carbons (Fsp3) is 0.727. The number of amides is 2. The molecule has 108 valence electrons. The molecular formula is C11H18N2O6. The number of carbonyl (C=O) groups excluding carboxylic acids is 1. The summed E-state index contributed by atoms with van der Waals surface area (Å²) in [5.74, 6) is -2.68. The van der Waals surface area contributed by atoms with Crippen LogP contribution in [0, 0.1) is 0 Å². The van der Waals surface area contributed by atoms with Gasteiger partial charge in [0.05, 0.1) is 12.0 Å². The van der Waals surface area contributed by atoms with Crippen molar-refractivity contribution in [3.05, 3.63) is 0 Å². The number of hydrogen-bond donors (Lipinski definition) is 4. The Hall–Kier alpha value is -1.83. The molecule has 1 unspecified atom stereocenters. The lowest BCUT2D eigenvalue weighted by Crippen LogP contribution is -2.50. The van der Waals surface area contributed by atoms with E-state index in [1.807, 2.05) is 6.92 Å². The Balaban J connectivity index is 2.40. The molecule has 0 aromatic heterocycles. The second-order valence-electron chi connectivity index (χ2n) is 4.72. The minimum Gasteiger partial charge on any atom is -0.481 e. The van der Waals surface area contributed by atoms with E-state index in [0.717, 1.165) is 12.8 Å². The third-order valence-corrected chi connectivity index (χ3v) is 2.91. The molecule has 0 spiro atoms. The highest BCUT2D eigenvalue weighted by Crippen LogP contribution is 2.23.